The van der Waals surface area contributed by atoms with Crippen molar-refractivity contribution >= 4 is 16.9 Å². The Labute approximate surface area is 103 Å². The highest BCUT2D eigenvalue weighted by Gasteiger charge is 2.29. The fraction of sp³-hybridized carbons (Fsp3) is 0.455. The smallest absolute Gasteiger partial charge is 0.383 e. The predicted molar refractivity (Wildman–Crippen MR) is 64.1 cm³/mol. The van der Waals surface area contributed by atoms with E-state index >= 15 is 0 Å². The molecule has 2 heterocycles. The number of hydrogen-bond donors (Lipinski definition) is 1. The summed E-state index contributed by atoms with van der Waals surface area (Å²) in [4.78, 5) is 7.57. The van der Waals surface area contributed by atoms with Crippen LogP contribution in [0.5, 0.6) is 0 Å². The van der Waals surface area contributed by atoms with E-state index in [2.05, 4.69) is 9.97 Å². The lowest BCUT2D eigenvalue weighted by molar-refractivity contribution is -0.139. The Hall–Kier alpha value is -1.79. The van der Waals surface area contributed by atoms with Crippen molar-refractivity contribution in [3.63, 3.8) is 0 Å². The van der Waals surface area contributed by atoms with Crippen LogP contribution in [0.4, 0.5) is 19.0 Å². The van der Waals surface area contributed by atoms with Crippen LogP contribution in [0.3, 0.4) is 0 Å². The zero-order valence-corrected chi connectivity index (χ0v) is 10.4. The molecule has 2 aromatic rings. The van der Waals surface area contributed by atoms with E-state index in [-0.39, 0.29) is 11.5 Å². The van der Waals surface area contributed by atoms with Gasteiger partial charge in [0.2, 0.25) is 0 Å². The summed E-state index contributed by atoms with van der Waals surface area (Å²) in [6, 6.07) is 0. The summed E-state index contributed by atoms with van der Waals surface area (Å²) in [5.41, 5.74) is 6.44. The highest BCUT2D eigenvalue weighted by molar-refractivity contribution is 5.89. The summed E-state index contributed by atoms with van der Waals surface area (Å²) in [6.45, 7) is 4.60. The van der Waals surface area contributed by atoms with E-state index in [4.69, 9.17) is 5.73 Å². The minimum Gasteiger partial charge on any atom is -0.383 e. The van der Waals surface area contributed by atoms with E-state index in [1.165, 1.54) is 6.20 Å². The minimum absolute atomic E-state index is 0.198. The van der Waals surface area contributed by atoms with Gasteiger partial charge in [-0.2, -0.15) is 13.2 Å². The lowest BCUT2D eigenvalue weighted by Gasteiger charge is -2.07. The van der Waals surface area contributed by atoms with Gasteiger partial charge in [-0.3, -0.25) is 0 Å². The molecule has 100 valence electrons. The highest BCUT2D eigenvalue weighted by Crippen LogP contribution is 2.26. The van der Waals surface area contributed by atoms with Crippen molar-refractivity contribution < 1.29 is 13.2 Å². The van der Waals surface area contributed by atoms with Crippen LogP contribution in [0, 0.1) is 6.92 Å². The summed E-state index contributed by atoms with van der Waals surface area (Å²) in [5, 5.41) is 0.478. The molecule has 0 atom stereocenters. The van der Waals surface area contributed by atoms with Crippen LogP contribution >= 0.6 is 0 Å². The average molecular weight is 260 g/mol. The van der Waals surface area contributed by atoms with Crippen molar-refractivity contribution in [1.82, 2.24) is 14.5 Å². The number of fused-ring (bicyclic) bond motifs is 1. The maximum Gasteiger partial charge on any atom is 0.406 e. The first-order chi connectivity index (χ1) is 8.38. The number of nitrogen functional groups attached to an aromatic ring is 1. The van der Waals surface area contributed by atoms with Crippen LogP contribution < -0.4 is 5.73 Å². The number of alkyl halides is 3. The van der Waals surface area contributed by atoms with Gasteiger partial charge in [0.25, 0.3) is 0 Å². The van der Waals surface area contributed by atoms with E-state index < -0.39 is 12.7 Å². The Morgan fingerprint density at radius 1 is 1.28 bits per heavy atom. The van der Waals surface area contributed by atoms with Gasteiger partial charge in [0.05, 0.1) is 5.39 Å². The molecule has 2 N–H and O–H groups in total. The van der Waals surface area contributed by atoms with Gasteiger partial charge in [-0.05, 0) is 12.5 Å². The number of rotatable bonds is 1. The molecule has 0 spiro atoms. The number of aryl methyl sites for hydroxylation is 1. The zero-order valence-electron chi connectivity index (χ0n) is 10.4. The summed E-state index contributed by atoms with van der Waals surface area (Å²) >= 11 is 0. The van der Waals surface area contributed by atoms with Crippen molar-refractivity contribution in [2.45, 2.75) is 33.5 Å². The molecule has 0 fully saturated rings. The van der Waals surface area contributed by atoms with Crippen molar-refractivity contribution in [2.24, 2.45) is 0 Å². The molecule has 0 radical (unpaired) electrons. The minimum atomic E-state index is -4.28. The molecule has 0 aliphatic rings. The third kappa shape index (κ3) is 2.91. The second-order valence-electron chi connectivity index (χ2n) is 3.51. The van der Waals surface area contributed by atoms with Gasteiger partial charge in [-0.15, -0.1) is 0 Å². The maximum absolute atomic E-state index is 12.3. The summed E-state index contributed by atoms with van der Waals surface area (Å²) in [7, 11) is 0. The van der Waals surface area contributed by atoms with Crippen LogP contribution in [-0.2, 0) is 6.54 Å². The van der Waals surface area contributed by atoms with Crippen molar-refractivity contribution in [3.05, 3.63) is 18.1 Å². The molecule has 2 rings (SSSR count). The molecule has 7 heteroatoms. The van der Waals surface area contributed by atoms with E-state index in [0.29, 0.717) is 10.9 Å². The first-order valence-electron chi connectivity index (χ1n) is 5.51. The molecule has 18 heavy (non-hydrogen) atoms. The van der Waals surface area contributed by atoms with E-state index in [1.54, 1.807) is 6.92 Å². The van der Waals surface area contributed by atoms with Crippen molar-refractivity contribution in [1.29, 1.82) is 0 Å². The zero-order chi connectivity index (χ0) is 13.9. The second-order valence-corrected chi connectivity index (χ2v) is 3.51. The van der Waals surface area contributed by atoms with Crippen LogP contribution in [0.15, 0.2) is 12.5 Å². The Morgan fingerprint density at radius 2 is 1.89 bits per heavy atom. The third-order valence-corrected chi connectivity index (χ3v) is 2.22. The van der Waals surface area contributed by atoms with Crippen LogP contribution in [0.2, 0.25) is 0 Å². The van der Waals surface area contributed by atoms with Crippen molar-refractivity contribution in [3.8, 4) is 0 Å². The molecule has 0 saturated heterocycles. The first kappa shape index (κ1) is 14.3. The number of nitrogens with two attached hydrogens (primary N) is 1. The van der Waals surface area contributed by atoms with Gasteiger partial charge in [0.1, 0.15) is 24.3 Å². The molecular formula is C11H15F3N4. The van der Waals surface area contributed by atoms with Gasteiger partial charge in [-0.25, -0.2) is 9.97 Å². The number of aromatic nitrogens is 3. The topological polar surface area (TPSA) is 56.7 Å². The monoisotopic (exact) mass is 260 g/mol. The lowest BCUT2D eigenvalue weighted by atomic mass is 10.2. The third-order valence-electron chi connectivity index (χ3n) is 2.22. The van der Waals surface area contributed by atoms with Gasteiger partial charge in [0.15, 0.2) is 0 Å². The average Bonchev–Trinajstić information content (AvgIpc) is 2.57. The number of halogens is 3. The number of nitrogens with zero attached hydrogens (tertiary/aromatic N) is 3. The Morgan fingerprint density at radius 3 is 2.44 bits per heavy atom. The van der Waals surface area contributed by atoms with E-state index in [1.807, 2.05) is 13.8 Å². The Bertz CT molecular complexity index is 531. The summed E-state index contributed by atoms with van der Waals surface area (Å²) in [6.07, 6.45) is -1.74. The van der Waals surface area contributed by atoms with E-state index in [0.717, 1.165) is 10.9 Å². The van der Waals surface area contributed by atoms with Gasteiger partial charge < -0.3 is 10.3 Å². The fourth-order valence-corrected chi connectivity index (χ4v) is 1.66. The van der Waals surface area contributed by atoms with Crippen LogP contribution in [0.25, 0.3) is 11.0 Å². The van der Waals surface area contributed by atoms with Gasteiger partial charge >= 0.3 is 6.18 Å². The van der Waals surface area contributed by atoms with Crippen LogP contribution in [-0.4, -0.2) is 20.7 Å². The standard InChI is InChI=1S/C9H9F3N4.C2H6/c1-5-2-16(3-9(10,11)12)8-6(5)7(13)14-4-15-8;1-2/h2,4H,3H2,1H3,(H2,13,14,15);1-2H3. The molecule has 0 saturated carbocycles. The maximum atomic E-state index is 12.3. The molecule has 0 aliphatic heterocycles. The molecule has 0 aromatic carbocycles. The van der Waals surface area contributed by atoms with Crippen molar-refractivity contribution in [2.75, 3.05) is 5.73 Å². The largest absolute Gasteiger partial charge is 0.406 e. The van der Waals surface area contributed by atoms with Gasteiger partial charge in [-0.1, -0.05) is 13.8 Å². The summed E-state index contributed by atoms with van der Waals surface area (Å²) < 4.78 is 37.9. The molecular weight excluding hydrogens is 245 g/mol. The summed E-state index contributed by atoms with van der Waals surface area (Å²) in [5.74, 6) is 0.198. The number of anilines is 1. The molecule has 0 amide bonds. The number of hydrogen-bond acceptors (Lipinski definition) is 3. The molecule has 0 unspecified atom stereocenters. The quantitative estimate of drug-likeness (QED) is 0.857. The molecule has 0 bridgehead atoms. The SMILES string of the molecule is CC.Cc1cn(CC(F)(F)F)c2ncnc(N)c12. The normalized spacial score (nSPS) is 11.2. The van der Waals surface area contributed by atoms with Gasteiger partial charge in [0, 0.05) is 6.20 Å². The first-order valence-corrected chi connectivity index (χ1v) is 5.51. The second kappa shape index (κ2) is 5.24. The predicted octanol–water partition coefficient (Wildman–Crippen LogP) is 2.91. The highest BCUT2D eigenvalue weighted by atomic mass is 19.4. The molecule has 4 nitrogen and oxygen atoms in total. The molecule has 0 aliphatic carbocycles. The fourth-order valence-electron chi connectivity index (χ4n) is 1.66. The molecule has 2 aromatic heterocycles. The Kier molecular flexibility index (Phi) is 4.15. The Balaban J connectivity index is 0.000000771. The lowest BCUT2D eigenvalue weighted by Crippen LogP contribution is -2.17. The van der Waals surface area contributed by atoms with E-state index in [9.17, 15) is 13.2 Å². The van der Waals surface area contributed by atoms with Crippen LogP contribution in [0.1, 0.15) is 19.4 Å².